The molecule has 2 amide bonds. The number of primary amides is 1. The fourth-order valence-electron chi connectivity index (χ4n) is 2.61. The maximum absolute atomic E-state index is 12.5. The van der Waals surface area contributed by atoms with Crippen molar-refractivity contribution in [2.24, 2.45) is 11.7 Å². The van der Waals surface area contributed by atoms with Crippen LogP contribution in [0.1, 0.15) is 16.9 Å². The van der Waals surface area contributed by atoms with Gasteiger partial charge in [0.25, 0.3) is 5.91 Å². The van der Waals surface area contributed by atoms with Crippen LogP contribution in [0.4, 0.5) is 0 Å². The number of benzene rings is 1. The van der Waals surface area contributed by atoms with Gasteiger partial charge in [0, 0.05) is 29.0 Å². The average molecular weight is 326 g/mol. The molecule has 2 aromatic rings. The SMILES string of the molecule is NC(=O)[C@H]1CCN(C(=O)c2[nH]c3ccc(Cl)cc3c2Cl)C1. The lowest BCUT2D eigenvalue weighted by molar-refractivity contribution is -0.121. The summed E-state index contributed by atoms with van der Waals surface area (Å²) in [6, 6.07) is 5.21. The van der Waals surface area contributed by atoms with Crippen LogP contribution in [0.3, 0.4) is 0 Å². The summed E-state index contributed by atoms with van der Waals surface area (Å²) in [6.45, 7) is 0.833. The normalized spacial score (nSPS) is 18.4. The third-order valence-electron chi connectivity index (χ3n) is 3.79. The number of nitrogens with zero attached hydrogens (tertiary/aromatic N) is 1. The van der Waals surface area contributed by atoms with Crippen LogP contribution in [0.2, 0.25) is 10.0 Å². The Kier molecular flexibility index (Phi) is 3.55. The second kappa shape index (κ2) is 5.24. The molecule has 1 saturated heterocycles. The van der Waals surface area contributed by atoms with Crippen LogP contribution in [-0.2, 0) is 4.79 Å². The number of likely N-dealkylation sites (tertiary alicyclic amines) is 1. The summed E-state index contributed by atoms with van der Waals surface area (Å²) in [5.41, 5.74) is 6.35. The molecule has 1 aromatic heterocycles. The zero-order chi connectivity index (χ0) is 15.1. The van der Waals surface area contributed by atoms with Gasteiger partial charge in [-0.25, -0.2) is 0 Å². The minimum absolute atomic E-state index is 0.226. The molecule has 2 heterocycles. The highest BCUT2D eigenvalue weighted by Gasteiger charge is 2.32. The van der Waals surface area contributed by atoms with Gasteiger partial charge in [0.15, 0.2) is 0 Å². The fraction of sp³-hybridized carbons (Fsp3) is 0.286. The van der Waals surface area contributed by atoms with Crippen molar-refractivity contribution in [3.8, 4) is 0 Å². The number of hydrogen-bond acceptors (Lipinski definition) is 2. The number of fused-ring (bicyclic) bond motifs is 1. The van der Waals surface area contributed by atoms with Gasteiger partial charge >= 0.3 is 0 Å². The summed E-state index contributed by atoms with van der Waals surface area (Å²) < 4.78 is 0. The predicted molar refractivity (Wildman–Crippen MR) is 81.5 cm³/mol. The zero-order valence-electron chi connectivity index (χ0n) is 11.0. The van der Waals surface area contributed by atoms with Crippen LogP contribution >= 0.6 is 23.2 Å². The van der Waals surface area contributed by atoms with Gasteiger partial charge in [0.2, 0.25) is 5.91 Å². The van der Waals surface area contributed by atoms with Crippen molar-refractivity contribution >= 4 is 45.9 Å². The van der Waals surface area contributed by atoms with Gasteiger partial charge in [-0.3, -0.25) is 9.59 Å². The molecule has 7 heteroatoms. The Morgan fingerprint density at radius 2 is 2.10 bits per heavy atom. The Hall–Kier alpha value is -1.72. The summed E-state index contributed by atoms with van der Waals surface area (Å²) in [5, 5.41) is 1.61. The number of aromatic amines is 1. The summed E-state index contributed by atoms with van der Waals surface area (Å²) in [7, 11) is 0. The van der Waals surface area contributed by atoms with Gasteiger partial charge in [-0.1, -0.05) is 23.2 Å². The van der Waals surface area contributed by atoms with E-state index >= 15 is 0 Å². The number of halogens is 2. The van der Waals surface area contributed by atoms with Crippen molar-refractivity contribution in [3.05, 3.63) is 33.9 Å². The van der Waals surface area contributed by atoms with Gasteiger partial charge < -0.3 is 15.6 Å². The van der Waals surface area contributed by atoms with Crippen LogP contribution in [0.15, 0.2) is 18.2 Å². The molecule has 5 nitrogen and oxygen atoms in total. The topological polar surface area (TPSA) is 79.2 Å². The summed E-state index contributed by atoms with van der Waals surface area (Å²) >= 11 is 12.2. The molecule has 1 aromatic carbocycles. The maximum Gasteiger partial charge on any atom is 0.271 e. The van der Waals surface area contributed by atoms with Gasteiger partial charge in [0.05, 0.1) is 10.9 Å². The number of amides is 2. The van der Waals surface area contributed by atoms with Gasteiger partial charge in [-0.05, 0) is 24.6 Å². The van der Waals surface area contributed by atoms with E-state index in [-0.39, 0.29) is 17.7 Å². The van der Waals surface area contributed by atoms with Gasteiger partial charge in [-0.15, -0.1) is 0 Å². The lowest BCUT2D eigenvalue weighted by atomic mass is 10.1. The van der Waals surface area contributed by atoms with E-state index in [4.69, 9.17) is 28.9 Å². The van der Waals surface area contributed by atoms with Crippen molar-refractivity contribution in [3.63, 3.8) is 0 Å². The lowest BCUT2D eigenvalue weighted by Gasteiger charge is -2.15. The van der Waals surface area contributed by atoms with Crippen molar-refractivity contribution in [2.45, 2.75) is 6.42 Å². The molecule has 0 bridgehead atoms. The minimum atomic E-state index is -0.375. The molecule has 1 aliphatic rings. The highest BCUT2D eigenvalue weighted by Crippen LogP contribution is 2.31. The average Bonchev–Trinajstić information content (AvgIpc) is 3.04. The van der Waals surface area contributed by atoms with E-state index in [1.165, 1.54) is 0 Å². The Balaban J connectivity index is 1.92. The molecule has 0 aliphatic carbocycles. The molecule has 0 spiro atoms. The fourth-order valence-corrected chi connectivity index (χ4v) is 3.07. The molecule has 0 unspecified atom stereocenters. The molecule has 1 aliphatic heterocycles. The van der Waals surface area contributed by atoms with Crippen molar-refractivity contribution < 1.29 is 9.59 Å². The molecule has 3 N–H and O–H groups in total. The maximum atomic E-state index is 12.5. The number of carbonyl (C=O) groups is 2. The second-order valence-electron chi connectivity index (χ2n) is 5.14. The first kappa shape index (κ1) is 14.2. The number of carbonyl (C=O) groups excluding carboxylic acids is 2. The third-order valence-corrected chi connectivity index (χ3v) is 4.42. The first-order valence-electron chi connectivity index (χ1n) is 6.52. The quantitative estimate of drug-likeness (QED) is 0.889. The summed E-state index contributed by atoms with van der Waals surface area (Å²) in [4.78, 5) is 28.3. The van der Waals surface area contributed by atoms with E-state index < -0.39 is 0 Å². The number of H-pyrrole nitrogens is 1. The van der Waals surface area contributed by atoms with E-state index in [0.717, 1.165) is 5.52 Å². The zero-order valence-corrected chi connectivity index (χ0v) is 12.5. The van der Waals surface area contributed by atoms with E-state index in [0.29, 0.717) is 40.6 Å². The van der Waals surface area contributed by atoms with Gasteiger partial charge in [-0.2, -0.15) is 0 Å². The lowest BCUT2D eigenvalue weighted by Crippen LogP contribution is -2.32. The Morgan fingerprint density at radius 3 is 2.76 bits per heavy atom. The highest BCUT2D eigenvalue weighted by molar-refractivity contribution is 6.39. The second-order valence-corrected chi connectivity index (χ2v) is 5.96. The molecule has 1 atom stereocenters. The largest absolute Gasteiger partial charge is 0.369 e. The van der Waals surface area contributed by atoms with Crippen LogP contribution < -0.4 is 5.73 Å². The molecule has 110 valence electrons. The molecule has 0 saturated carbocycles. The third kappa shape index (κ3) is 2.47. The molecular formula is C14H13Cl2N3O2. The first-order valence-corrected chi connectivity index (χ1v) is 7.28. The number of hydrogen-bond donors (Lipinski definition) is 2. The van der Waals surface area contributed by atoms with Crippen LogP contribution in [0, 0.1) is 5.92 Å². The van der Waals surface area contributed by atoms with E-state index in [1.807, 2.05) is 0 Å². The van der Waals surface area contributed by atoms with E-state index in [9.17, 15) is 9.59 Å². The number of nitrogens with two attached hydrogens (primary N) is 1. The van der Waals surface area contributed by atoms with Crippen molar-refractivity contribution in [1.29, 1.82) is 0 Å². The monoisotopic (exact) mass is 325 g/mol. The number of nitrogens with one attached hydrogen (secondary N) is 1. The van der Waals surface area contributed by atoms with Gasteiger partial charge in [0.1, 0.15) is 5.69 Å². The Morgan fingerprint density at radius 1 is 1.33 bits per heavy atom. The number of aromatic nitrogens is 1. The van der Waals surface area contributed by atoms with Crippen molar-refractivity contribution in [1.82, 2.24) is 9.88 Å². The molecule has 1 fully saturated rings. The summed E-state index contributed by atoms with van der Waals surface area (Å²) in [5.74, 6) is -0.887. The van der Waals surface area contributed by atoms with E-state index in [1.54, 1.807) is 23.1 Å². The summed E-state index contributed by atoms with van der Waals surface area (Å²) in [6.07, 6.45) is 0.588. The Labute approximate surface area is 131 Å². The highest BCUT2D eigenvalue weighted by atomic mass is 35.5. The predicted octanol–water partition coefficient (Wildman–Crippen LogP) is 2.42. The molecule has 0 radical (unpaired) electrons. The molecular weight excluding hydrogens is 313 g/mol. The molecule has 21 heavy (non-hydrogen) atoms. The van der Waals surface area contributed by atoms with Crippen LogP contribution in [0.25, 0.3) is 10.9 Å². The minimum Gasteiger partial charge on any atom is -0.369 e. The number of rotatable bonds is 2. The molecule has 3 rings (SSSR count). The van der Waals surface area contributed by atoms with Crippen molar-refractivity contribution in [2.75, 3.05) is 13.1 Å². The first-order chi connectivity index (χ1) is 9.97. The van der Waals surface area contributed by atoms with E-state index in [2.05, 4.69) is 4.98 Å². The van der Waals surface area contributed by atoms with Crippen LogP contribution in [0.5, 0.6) is 0 Å². The standard InChI is InChI=1S/C14H13Cl2N3O2/c15-8-1-2-10-9(5-8)11(16)12(18-10)14(21)19-4-3-7(6-19)13(17)20/h1-2,5,7,18H,3-4,6H2,(H2,17,20)/t7-/m0/s1. The Bertz CT molecular complexity index is 741. The van der Waals surface area contributed by atoms with Crippen LogP contribution in [-0.4, -0.2) is 34.8 Å². The smallest absolute Gasteiger partial charge is 0.271 e.